The Morgan fingerprint density at radius 2 is 1.66 bits per heavy atom. The summed E-state index contributed by atoms with van der Waals surface area (Å²) in [7, 11) is 2.91. The first-order valence-corrected chi connectivity index (χ1v) is 10.7. The summed E-state index contributed by atoms with van der Waals surface area (Å²) in [4.78, 5) is 45.0. The molecule has 38 heavy (non-hydrogen) atoms. The lowest BCUT2D eigenvalue weighted by molar-refractivity contribution is -0.394. The Bertz CT molecular complexity index is 1410. The van der Waals surface area contributed by atoms with Crippen LogP contribution in [-0.2, 0) is 4.79 Å². The number of nitrogens with zero attached hydrogens (tertiary/aromatic N) is 3. The van der Waals surface area contributed by atoms with E-state index in [1.54, 1.807) is 18.2 Å². The van der Waals surface area contributed by atoms with Crippen LogP contribution < -0.4 is 25.0 Å². The van der Waals surface area contributed by atoms with Crippen molar-refractivity contribution < 1.29 is 33.6 Å². The van der Waals surface area contributed by atoms with Crippen molar-refractivity contribution in [3.05, 3.63) is 92.0 Å². The zero-order valence-corrected chi connectivity index (χ0v) is 20.1. The number of nitro benzene ring substituents is 2. The van der Waals surface area contributed by atoms with Gasteiger partial charge in [0.1, 0.15) is 5.75 Å². The fraction of sp³-hybridized carbons (Fsp3) is 0.125. The first-order valence-electron chi connectivity index (χ1n) is 10.7. The van der Waals surface area contributed by atoms with E-state index in [0.717, 1.165) is 18.2 Å². The Kier molecular flexibility index (Phi) is 8.86. The Balaban J connectivity index is 1.58. The van der Waals surface area contributed by atoms with Crippen LogP contribution in [0.1, 0.15) is 15.9 Å². The number of amides is 2. The third-order valence-electron chi connectivity index (χ3n) is 4.89. The number of hydrazone groups is 1. The summed E-state index contributed by atoms with van der Waals surface area (Å²) in [6.45, 7) is -0.350. The number of carbonyl (C=O) groups excluding carboxylic acids is 2. The second-order valence-corrected chi connectivity index (χ2v) is 7.39. The minimum atomic E-state index is -0.785. The van der Waals surface area contributed by atoms with Gasteiger partial charge in [-0.05, 0) is 42.0 Å². The number of carbonyl (C=O) groups is 2. The van der Waals surface area contributed by atoms with Gasteiger partial charge in [0, 0.05) is 11.6 Å². The highest BCUT2D eigenvalue weighted by molar-refractivity contribution is 5.97. The van der Waals surface area contributed by atoms with Crippen LogP contribution in [-0.4, -0.2) is 48.6 Å². The zero-order valence-electron chi connectivity index (χ0n) is 20.1. The average molecular weight is 523 g/mol. The van der Waals surface area contributed by atoms with E-state index in [1.165, 1.54) is 44.7 Å². The third kappa shape index (κ3) is 7.00. The van der Waals surface area contributed by atoms with Crippen molar-refractivity contribution in [3.63, 3.8) is 0 Å². The van der Waals surface area contributed by atoms with Crippen molar-refractivity contribution >= 4 is 29.4 Å². The summed E-state index contributed by atoms with van der Waals surface area (Å²) in [5.74, 6) is -0.271. The largest absolute Gasteiger partial charge is 0.493 e. The molecular formula is C24H21N5O9. The molecule has 14 heteroatoms. The van der Waals surface area contributed by atoms with Crippen LogP contribution in [0.25, 0.3) is 0 Å². The molecule has 0 aliphatic rings. The number of rotatable bonds is 11. The first kappa shape index (κ1) is 27.1. The lowest BCUT2D eigenvalue weighted by Gasteiger charge is -2.09. The third-order valence-corrected chi connectivity index (χ3v) is 4.89. The molecule has 0 spiro atoms. The number of methoxy groups -OCH3 is 2. The van der Waals surface area contributed by atoms with Gasteiger partial charge >= 0.3 is 5.69 Å². The SMILES string of the molecule is COc1ccc(C(=O)NCC(=O)NN=Cc2cccc(Oc3ccc([N+](=O)[O-])cc3[N+](=O)[O-])c2)cc1OC. The Morgan fingerprint density at radius 3 is 2.34 bits per heavy atom. The molecule has 0 aromatic heterocycles. The number of non-ortho nitro benzene ring substituents is 1. The van der Waals surface area contributed by atoms with Crippen molar-refractivity contribution in [2.45, 2.75) is 0 Å². The topological polar surface area (TPSA) is 185 Å². The summed E-state index contributed by atoms with van der Waals surface area (Å²) >= 11 is 0. The lowest BCUT2D eigenvalue weighted by Crippen LogP contribution is -2.34. The van der Waals surface area contributed by atoms with Crippen LogP contribution in [0.2, 0.25) is 0 Å². The molecule has 0 saturated heterocycles. The standard InChI is InChI=1S/C24H21N5O9/c1-36-21-8-6-16(11-22(21)37-2)24(31)25-14-23(30)27-26-13-15-4-3-5-18(10-15)38-20-9-7-17(28(32)33)12-19(20)29(34)35/h3-13H,14H2,1-2H3,(H,25,31)(H,27,30). The molecule has 2 amide bonds. The van der Waals surface area contributed by atoms with Gasteiger partial charge in [-0.25, -0.2) is 5.43 Å². The summed E-state index contributed by atoms with van der Waals surface area (Å²) in [5.41, 5.74) is 1.99. The van der Waals surface area contributed by atoms with Crippen molar-refractivity contribution in [2.75, 3.05) is 20.8 Å². The van der Waals surface area contributed by atoms with E-state index in [0.29, 0.717) is 17.1 Å². The molecule has 0 aliphatic heterocycles. The highest BCUT2D eigenvalue weighted by atomic mass is 16.6. The molecule has 0 radical (unpaired) electrons. The van der Waals surface area contributed by atoms with Crippen molar-refractivity contribution in [1.82, 2.24) is 10.7 Å². The summed E-state index contributed by atoms with van der Waals surface area (Å²) in [6.07, 6.45) is 1.30. The molecule has 0 unspecified atom stereocenters. The smallest absolute Gasteiger partial charge is 0.318 e. The van der Waals surface area contributed by atoms with Gasteiger partial charge in [-0.15, -0.1) is 0 Å². The molecule has 196 valence electrons. The van der Waals surface area contributed by atoms with Gasteiger partial charge in [0.15, 0.2) is 11.5 Å². The highest BCUT2D eigenvalue weighted by Gasteiger charge is 2.21. The molecule has 2 N–H and O–H groups in total. The van der Waals surface area contributed by atoms with Gasteiger partial charge < -0.3 is 19.5 Å². The van der Waals surface area contributed by atoms with E-state index in [-0.39, 0.29) is 23.6 Å². The summed E-state index contributed by atoms with van der Waals surface area (Å²) in [5, 5.41) is 28.5. The van der Waals surface area contributed by atoms with Crippen LogP contribution in [0, 0.1) is 20.2 Å². The maximum absolute atomic E-state index is 12.3. The minimum absolute atomic E-state index is 0.187. The number of benzene rings is 3. The van der Waals surface area contributed by atoms with Gasteiger partial charge in [0.25, 0.3) is 17.5 Å². The molecule has 0 aliphatic carbocycles. The predicted molar refractivity (Wildman–Crippen MR) is 134 cm³/mol. The number of nitrogens with one attached hydrogen (secondary N) is 2. The van der Waals surface area contributed by atoms with Gasteiger partial charge in [-0.1, -0.05) is 12.1 Å². The van der Waals surface area contributed by atoms with E-state index in [1.807, 2.05) is 0 Å². The maximum Gasteiger partial charge on any atom is 0.318 e. The molecular weight excluding hydrogens is 502 g/mol. The monoisotopic (exact) mass is 523 g/mol. The van der Waals surface area contributed by atoms with Crippen LogP contribution in [0.3, 0.4) is 0 Å². The number of ether oxygens (including phenoxy) is 3. The highest BCUT2D eigenvalue weighted by Crippen LogP contribution is 2.34. The van der Waals surface area contributed by atoms with Crippen LogP contribution in [0.15, 0.2) is 65.8 Å². The zero-order chi connectivity index (χ0) is 27.7. The molecule has 3 aromatic rings. The number of hydrogen-bond acceptors (Lipinski definition) is 10. The Hall–Kier alpha value is -5.53. The van der Waals surface area contributed by atoms with Crippen LogP contribution in [0.4, 0.5) is 11.4 Å². The van der Waals surface area contributed by atoms with Crippen molar-refractivity contribution in [3.8, 4) is 23.0 Å². The molecule has 0 fully saturated rings. The molecule has 0 saturated carbocycles. The molecule has 0 heterocycles. The molecule has 14 nitrogen and oxygen atoms in total. The maximum atomic E-state index is 12.3. The normalized spacial score (nSPS) is 10.5. The van der Waals surface area contributed by atoms with E-state index in [2.05, 4.69) is 15.8 Å². The van der Waals surface area contributed by atoms with Gasteiger partial charge in [-0.3, -0.25) is 29.8 Å². The number of nitro groups is 2. The summed E-state index contributed by atoms with van der Waals surface area (Å²) < 4.78 is 15.8. The average Bonchev–Trinajstić information content (AvgIpc) is 2.91. The first-order chi connectivity index (χ1) is 18.2. The van der Waals surface area contributed by atoms with Gasteiger partial charge in [0.05, 0.1) is 42.9 Å². The second-order valence-electron chi connectivity index (χ2n) is 7.39. The van der Waals surface area contributed by atoms with E-state index in [9.17, 15) is 29.8 Å². The molecule has 3 rings (SSSR count). The Labute approximate surface area is 215 Å². The minimum Gasteiger partial charge on any atom is -0.493 e. The fourth-order valence-electron chi connectivity index (χ4n) is 3.09. The molecule has 0 atom stereocenters. The van der Waals surface area contributed by atoms with Gasteiger partial charge in [-0.2, -0.15) is 5.10 Å². The van der Waals surface area contributed by atoms with Gasteiger partial charge in [0.2, 0.25) is 5.75 Å². The van der Waals surface area contributed by atoms with E-state index in [4.69, 9.17) is 14.2 Å². The quantitative estimate of drug-likeness (QED) is 0.216. The van der Waals surface area contributed by atoms with E-state index >= 15 is 0 Å². The van der Waals surface area contributed by atoms with E-state index < -0.39 is 33.0 Å². The molecule has 3 aromatic carbocycles. The second kappa shape index (κ2) is 12.4. The number of hydrogen-bond donors (Lipinski definition) is 2. The fourth-order valence-corrected chi connectivity index (χ4v) is 3.09. The molecule has 0 bridgehead atoms. The van der Waals surface area contributed by atoms with Crippen molar-refractivity contribution in [1.29, 1.82) is 0 Å². The van der Waals surface area contributed by atoms with Crippen molar-refractivity contribution in [2.24, 2.45) is 5.10 Å². The van der Waals surface area contributed by atoms with Crippen LogP contribution in [0.5, 0.6) is 23.0 Å². The predicted octanol–water partition coefficient (Wildman–Crippen LogP) is 3.19. The van der Waals surface area contributed by atoms with Crippen LogP contribution >= 0.6 is 0 Å². The lowest BCUT2D eigenvalue weighted by atomic mass is 10.2. The summed E-state index contributed by atoms with van der Waals surface area (Å²) in [6, 6.07) is 13.8. The Morgan fingerprint density at radius 1 is 0.921 bits per heavy atom.